The van der Waals surface area contributed by atoms with E-state index in [-0.39, 0.29) is 17.4 Å². The van der Waals surface area contributed by atoms with Gasteiger partial charge in [0.15, 0.2) is 0 Å². The Morgan fingerprint density at radius 3 is 2.10 bits per heavy atom. The van der Waals surface area contributed by atoms with Crippen LogP contribution in [-0.2, 0) is 14.9 Å². The van der Waals surface area contributed by atoms with E-state index < -0.39 is 0 Å². The maximum absolute atomic E-state index is 12.3. The third kappa shape index (κ3) is 3.53. The first-order valence-electron chi connectivity index (χ1n) is 12.0. The van der Waals surface area contributed by atoms with Crippen molar-refractivity contribution < 1.29 is 14.3 Å². The van der Waals surface area contributed by atoms with Gasteiger partial charge in [-0.25, -0.2) is 4.79 Å². The number of hydrogen-bond acceptors (Lipinski definition) is 4. The van der Waals surface area contributed by atoms with Gasteiger partial charge in [0, 0.05) is 42.7 Å². The van der Waals surface area contributed by atoms with Crippen molar-refractivity contribution in [2.24, 2.45) is 0 Å². The van der Waals surface area contributed by atoms with E-state index in [0.29, 0.717) is 18.1 Å². The van der Waals surface area contributed by atoms with E-state index in [1.807, 2.05) is 15.9 Å². The van der Waals surface area contributed by atoms with Crippen LogP contribution in [0.2, 0.25) is 0 Å². The predicted molar refractivity (Wildman–Crippen MR) is 120 cm³/mol. The Kier molecular flexibility index (Phi) is 5.45. The van der Waals surface area contributed by atoms with Gasteiger partial charge in [0.1, 0.15) is 0 Å². The molecule has 1 aromatic rings. The van der Waals surface area contributed by atoms with Gasteiger partial charge < -0.3 is 19.4 Å². The normalized spacial score (nSPS) is 30.1. The highest BCUT2D eigenvalue weighted by Gasteiger charge is 2.47. The maximum atomic E-state index is 12.3. The lowest BCUT2D eigenvalue weighted by Crippen LogP contribution is -2.50. The quantitative estimate of drug-likeness (QED) is 0.684. The zero-order chi connectivity index (χ0) is 21.6. The molecule has 2 bridgehead atoms. The smallest absolute Gasteiger partial charge is 0.409 e. The molecule has 31 heavy (non-hydrogen) atoms. The molecule has 2 atom stereocenters. The fraction of sp³-hybridized carbons (Fsp3) is 0.680. The molecule has 1 aromatic carbocycles. The third-order valence-corrected chi connectivity index (χ3v) is 8.55. The lowest BCUT2D eigenvalue weighted by molar-refractivity contribution is -0.116. The second kappa shape index (κ2) is 8.12. The summed E-state index contributed by atoms with van der Waals surface area (Å²) in [6.07, 6.45) is 8.82. The molecule has 1 spiro atoms. The second-order valence-corrected chi connectivity index (χ2v) is 10.0. The number of methoxy groups -OCH3 is 1. The minimum atomic E-state index is -0.138. The molecule has 3 fully saturated rings. The Balaban J connectivity index is 1.26. The van der Waals surface area contributed by atoms with Gasteiger partial charge in [-0.15, -0.1) is 0 Å². The number of rotatable bonds is 1. The van der Waals surface area contributed by atoms with Crippen molar-refractivity contribution in [2.75, 3.05) is 31.6 Å². The molecule has 0 aromatic heterocycles. The molecular formula is C25H35N3O3. The van der Waals surface area contributed by atoms with Crippen molar-refractivity contribution in [2.45, 2.75) is 81.8 Å². The average molecular weight is 426 g/mol. The number of carbonyl (C=O) groups excluding carboxylic acids is 2. The Morgan fingerprint density at radius 2 is 1.52 bits per heavy atom. The zero-order valence-corrected chi connectivity index (χ0v) is 18.9. The van der Waals surface area contributed by atoms with Crippen molar-refractivity contribution in [3.8, 4) is 0 Å². The fourth-order valence-corrected chi connectivity index (χ4v) is 6.87. The summed E-state index contributed by atoms with van der Waals surface area (Å²) in [5.41, 5.74) is 2.60. The molecule has 0 saturated carbocycles. The van der Waals surface area contributed by atoms with Crippen LogP contribution < -0.4 is 4.90 Å². The largest absolute Gasteiger partial charge is 0.453 e. The number of amides is 2. The molecule has 6 heteroatoms. The summed E-state index contributed by atoms with van der Waals surface area (Å²) in [5.74, 6) is 0.150. The minimum absolute atomic E-state index is 0.112. The molecule has 3 saturated heterocycles. The van der Waals surface area contributed by atoms with Gasteiger partial charge >= 0.3 is 6.09 Å². The summed E-state index contributed by atoms with van der Waals surface area (Å²) < 4.78 is 5.07. The predicted octanol–water partition coefficient (Wildman–Crippen LogP) is 3.93. The molecule has 4 heterocycles. The number of ether oxygens (including phenoxy) is 1. The summed E-state index contributed by atoms with van der Waals surface area (Å²) in [6.45, 7) is 4.71. The van der Waals surface area contributed by atoms with Gasteiger partial charge in [-0.2, -0.15) is 0 Å². The van der Waals surface area contributed by atoms with E-state index in [1.54, 1.807) is 6.92 Å². The summed E-state index contributed by atoms with van der Waals surface area (Å²) in [6, 6.07) is 9.82. The highest BCUT2D eigenvalue weighted by molar-refractivity contribution is 5.94. The topological polar surface area (TPSA) is 53.1 Å². The number of para-hydroxylation sites is 1. The number of likely N-dealkylation sites (tertiary alicyclic amines) is 1. The molecule has 5 rings (SSSR count). The van der Waals surface area contributed by atoms with Gasteiger partial charge in [-0.1, -0.05) is 18.2 Å². The Bertz CT molecular complexity index is 832. The number of benzene rings is 1. The van der Waals surface area contributed by atoms with Gasteiger partial charge in [0.2, 0.25) is 5.91 Å². The van der Waals surface area contributed by atoms with Crippen LogP contribution >= 0.6 is 0 Å². The minimum Gasteiger partial charge on any atom is -0.453 e. The fourth-order valence-electron chi connectivity index (χ4n) is 6.87. The molecule has 4 aliphatic heterocycles. The SMILES string of the molecule is COC(=O)N1C2CCC(N3CCC4(CC3)CN(C(C)=O)c3ccccc34)CCC1CC2. The van der Waals surface area contributed by atoms with E-state index in [0.717, 1.165) is 76.7 Å². The molecule has 0 radical (unpaired) electrons. The highest BCUT2D eigenvalue weighted by atomic mass is 16.5. The van der Waals surface area contributed by atoms with Crippen molar-refractivity contribution in [3.05, 3.63) is 29.8 Å². The molecule has 4 aliphatic rings. The van der Waals surface area contributed by atoms with Gasteiger partial charge in [0.25, 0.3) is 0 Å². The van der Waals surface area contributed by atoms with Crippen molar-refractivity contribution >= 4 is 17.7 Å². The summed E-state index contributed by atoms with van der Waals surface area (Å²) in [4.78, 5) is 31.2. The van der Waals surface area contributed by atoms with Crippen LogP contribution in [0, 0.1) is 0 Å². The molecule has 2 unspecified atom stereocenters. The third-order valence-electron chi connectivity index (χ3n) is 8.55. The summed E-state index contributed by atoms with van der Waals surface area (Å²) in [7, 11) is 1.50. The van der Waals surface area contributed by atoms with E-state index in [4.69, 9.17) is 4.74 Å². The Morgan fingerprint density at radius 1 is 0.935 bits per heavy atom. The van der Waals surface area contributed by atoms with E-state index in [9.17, 15) is 9.59 Å². The number of anilines is 1. The number of hydrogen-bond donors (Lipinski definition) is 0. The van der Waals surface area contributed by atoms with E-state index >= 15 is 0 Å². The molecule has 0 aliphatic carbocycles. The maximum Gasteiger partial charge on any atom is 0.409 e. The van der Waals surface area contributed by atoms with Gasteiger partial charge in [-0.05, 0) is 76.1 Å². The van der Waals surface area contributed by atoms with Crippen molar-refractivity contribution in [3.63, 3.8) is 0 Å². The van der Waals surface area contributed by atoms with Gasteiger partial charge in [0.05, 0.1) is 7.11 Å². The Labute approximate surface area is 185 Å². The first kappa shape index (κ1) is 20.8. The molecule has 168 valence electrons. The first-order valence-corrected chi connectivity index (χ1v) is 12.0. The van der Waals surface area contributed by atoms with Crippen molar-refractivity contribution in [1.29, 1.82) is 0 Å². The van der Waals surface area contributed by atoms with Crippen molar-refractivity contribution in [1.82, 2.24) is 9.80 Å². The van der Waals surface area contributed by atoms with Crippen LogP contribution in [-0.4, -0.2) is 66.7 Å². The zero-order valence-electron chi connectivity index (χ0n) is 18.9. The summed E-state index contributed by atoms with van der Waals surface area (Å²) >= 11 is 0. The highest BCUT2D eigenvalue weighted by Crippen LogP contribution is 2.47. The van der Waals surface area contributed by atoms with Crippen LogP contribution in [0.4, 0.5) is 10.5 Å². The van der Waals surface area contributed by atoms with Crippen LogP contribution in [0.3, 0.4) is 0 Å². The first-order chi connectivity index (χ1) is 15.0. The van der Waals surface area contributed by atoms with Crippen LogP contribution in [0.5, 0.6) is 0 Å². The number of carbonyl (C=O) groups is 2. The number of nitrogens with zero attached hydrogens (tertiary/aromatic N) is 3. The standard InChI is InChI=1S/C25H35N3O3/c1-18(29)27-17-25(22-5-3-4-6-23(22)27)13-15-26(16-14-25)19-7-9-20-11-12-21(10-8-19)28(20)24(30)31-2/h3-6,19-21H,7-17H2,1-2H3. The second-order valence-electron chi connectivity index (χ2n) is 10.0. The molecule has 2 amide bonds. The average Bonchev–Trinajstić information content (AvgIpc) is 3.35. The van der Waals surface area contributed by atoms with E-state index in [1.165, 1.54) is 12.7 Å². The molecule has 6 nitrogen and oxygen atoms in total. The Hall–Kier alpha value is -2.08. The van der Waals surface area contributed by atoms with Gasteiger partial charge in [-0.3, -0.25) is 4.79 Å². The lowest BCUT2D eigenvalue weighted by atomic mass is 9.74. The molecule has 0 N–H and O–H groups in total. The van der Waals surface area contributed by atoms with E-state index in [2.05, 4.69) is 23.1 Å². The van der Waals surface area contributed by atoms with Crippen LogP contribution in [0.25, 0.3) is 0 Å². The monoisotopic (exact) mass is 425 g/mol. The molecular weight excluding hydrogens is 390 g/mol. The van der Waals surface area contributed by atoms with Crippen LogP contribution in [0.1, 0.15) is 63.9 Å². The summed E-state index contributed by atoms with van der Waals surface area (Å²) in [5, 5.41) is 0. The number of piperidine rings is 1. The number of fused-ring (bicyclic) bond motifs is 4. The lowest BCUT2D eigenvalue weighted by Gasteiger charge is -2.44. The van der Waals surface area contributed by atoms with Crippen LogP contribution in [0.15, 0.2) is 24.3 Å².